The minimum absolute atomic E-state index is 0.167. The van der Waals surface area contributed by atoms with Crippen molar-refractivity contribution in [2.45, 2.75) is 25.4 Å². The van der Waals surface area contributed by atoms with E-state index < -0.39 is 34.9 Å². The number of carbonyl (C=O) groups excluding carboxylic acids is 1. The third-order valence-corrected chi connectivity index (χ3v) is 6.93. The molecule has 2 unspecified atom stereocenters. The minimum Gasteiger partial charge on any atom is -0.367 e. The molecule has 3 N–H and O–H groups in total. The van der Waals surface area contributed by atoms with Crippen molar-refractivity contribution in [1.82, 2.24) is 30.2 Å². The summed E-state index contributed by atoms with van der Waals surface area (Å²) in [6.07, 6.45) is -1.89. The maximum absolute atomic E-state index is 13.1. The topological polar surface area (TPSA) is 117 Å². The van der Waals surface area contributed by atoms with E-state index in [1.54, 1.807) is 6.92 Å². The molecule has 0 saturated carbocycles. The third kappa shape index (κ3) is 7.71. The van der Waals surface area contributed by atoms with E-state index in [4.69, 9.17) is 27.9 Å². The van der Waals surface area contributed by atoms with Crippen LogP contribution in [0.5, 0.6) is 0 Å². The van der Waals surface area contributed by atoms with E-state index in [9.17, 15) is 18.0 Å². The zero-order valence-electron chi connectivity index (χ0n) is 20.7. The number of methoxy groups -OCH3 is 1. The van der Waals surface area contributed by atoms with E-state index in [-0.39, 0.29) is 10.7 Å². The first-order chi connectivity index (χ1) is 17.9. The van der Waals surface area contributed by atoms with Crippen LogP contribution in [-0.4, -0.2) is 65.0 Å². The number of alkyl halides is 3. The molecule has 0 fully saturated rings. The van der Waals surface area contributed by atoms with Gasteiger partial charge in [0, 0.05) is 26.4 Å². The van der Waals surface area contributed by atoms with Gasteiger partial charge in [-0.1, -0.05) is 23.2 Å². The molecule has 3 aromatic heterocycles. The number of hydrogen-bond acceptors (Lipinski definition) is 10. The highest BCUT2D eigenvalue weighted by atomic mass is 35.5. The van der Waals surface area contributed by atoms with E-state index >= 15 is 0 Å². The number of ether oxygens (including phenoxy) is 1. The van der Waals surface area contributed by atoms with Crippen LogP contribution in [0.25, 0.3) is 0 Å². The number of nitrogens with zero attached hydrogens (tertiary/aromatic N) is 5. The summed E-state index contributed by atoms with van der Waals surface area (Å²) >= 11 is 13.2. The van der Waals surface area contributed by atoms with Crippen LogP contribution >= 0.6 is 34.5 Å². The van der Waals surface area contributed by atoms with Gasteiger partial charge in [0.05, 0.1) is 22.8 Å². The summed E-state index contributed by atoms with van der Waals surface area (Å²) in [5, 5.41) is 8.95. The maximum atomic E-state index is 13.1. The summed E-state index contributed by atoms with van der Waals surface area (Å²) in [4.78, 5) is 31.2. The predicted molar refractivity (Wildman–Crippen MR) is 140 cm³/mol. The second kappa shape index (κ2) is 13.0. The van der Waals surface area contributed by atoms with Gasteiger partial charge in [-0.15, -0.1) is 11.3 Å². The monoisotopic (exact) mass is 592 g/mol. The number of pyridine rings is 1. The Morgan fingerprint density at radius 1 is 1.18 bits per heavy atom. The van der Waals surface area contributed by atoms with Gasteiger partial charge in [-0.3, -0.25) is 10.1 Å². The number of carbonyl (C=O) groups is 1. The Morgan fingerprint density at radius 3 is 2.58 bits per heavy atom. The van der Waals surface area contributed by atoms with E-state index in [0.29, 0.717) is 34.2 Å². The standard InChI is InChI=1S/C22H25Cl2F3N8O2S/c1-11(33-20(37-4)17-16(24)18(32-10-31-17)28-5-6-35(2)3)21-30-9-14(38-21)19(36)34-15-7-12(22(25,26)27)13(23)8-29-15/h7-11,20,33H,5-6H2,1-4H3,(H,28,31,32)(H,29,34,36). The second-order valence-corrected chi connectivity index (χ2v) is 10.1. The van der Waals surface area contributed by atoms with E-state index in [2.05, 4.69) is 35.9 Å². The van der Waals surface area contributed by atoms with Crippen LogP contribution in [0, 0.1) is 0 Å². The molecule has 2 atom stereocenters. The third-order valence-electron chi connectivity index (χ3n) is 5.07. The Hall–Kier alpha value is -2.62. The molecule has 3 rings (SSSR count). The Bertz CT molecular complexity index is 1260. The highest BCUT2D eigenvalue weighted by Crippen LogP contribution is 2.35. The molecule has 1 amide bonds. The molecule has 0 spiro atoms. The first-order valence-corrected chi connectivity index (χ1v) is 12.7. The lowest BCUT2D eigenvalue weighted by Crippen LogP contribution is -2.27. The highest BCUT2D eigenvalue weighted by Gasteiger charge is 2.34. The molecule has 10 nitrogen and oxygen atoms in total. The summed E-state index contributed by atoms with van der Waals surface area (Å²) in [7, 11) is 5.39. The summed E-state index contributed by atoms with van der Waals surface area (Å²) < 4.78 is 44.8. The summed E-state index contributed by atoms with van der Waals surface area (Å²) in [5.41, 5.74) is -0.690. The summed E-state index contributed by atoms with van der Waals surface area (Å²) in [6, 6.07) is 0.262. The number of aromatic nitrogens is 4. The Kier molecular flexibility index (Phi) is 10.2. The molecule has 3 aromatic rings. The lowest BCUT2D eigenvalue weighted by Gasteiger charge is -2.22. The maximum Gasteiger partial charge on any atom is 0.418 e. The minimum atomic E-state index is -4.69. The van der Waals surface area contributed by atoms with Crippen molar-refractivity contribution in [3.8, 4) is 0 Å². The van der Waals surface area contributed by atoms with Crippen LogP contribution in [0.1, 0.15) is 45.1 Å². The lowest BCUT2D eigenvalue weighted by atomic mass is 10.2. The van der Waals surface area contributed by atoms with Crippen molar-refractivity contribution in [1.29, 1.82) is 0 Å². The van der Waals surface area contributed by atoms with Crippen molar-refractivity contribution < 1.29 is 22.7 Å². The summed E-state index contributed by atoms with van der Waals surface area (Å²) in [6.45, 7) is 3.20. The molecule has 0 saturated heterocycles. The number of anilines is 2. The lowest BCUT2D eigenvalue weighted by molar-refractivity contribution is -0.137. The fraction of sp³-hybridized carbons (Fsp3) is 0.409. The van der Waals surface area contributed by atoms with Crippen LogP contribution in [0.15, 0.2) is 24.8 Å². The van der Waals surface area contributed by atoms with Gasteiger partial charge >= 0.3 is 6.18 Å². The quantitative estimate of drug-likeness (QED) is 0.268. The van der Waals surface area contributed by atoms with Crippen molar-refractivity contribution in [2.24, 2.45) is 0 Å². The van der Waals surface area contributed by atoms with Gasteiger partial charge in [0.1, 0.15) is 38.6 Å². The molecule has 3 heterocycles. The average Bonchev–Trinajstić information content (AvgIpc) is 3.35. The summed E-state index contributed by atoms with van der Waals surface area (Å²) in [5.74, 6) is -0.493. The van der Waals surface area contributed by atoms with Gasteiger partial charge in [0.2, 0.25) is 0 Å². The molecule has 0 radical (unpaired) electrons. The molecule has 0 aliphatic carbocycles. The van der Waals surface area contributed by atoms with Gasteiger partial charge in [0.25, 0.3) is 5.91 Å². The normalized spacial score (nSPS) is 13.4. The van der Waals surface area contributed by atoms with E-state index in [1.807, 2.05) is 19.0 Å². The van der Waals surface area contributed by atoms with Crippen LogP contribution < -0.4 is 16.0 Å². The molecule has 38 heavy (non-hydrogen) atoms. The SMILES string of the molecule is COC(NC(C)c1ncc(C(=O)Nc2cc(C(F)(F)F)c(Cl)cn2)s1)c1ncnc(NCCN(C)C)c1Cl. The molecule has 206 valence electrons. The zero-order chi connectivity index (χ0) is 28.0. The Morgan fingerprint density at radius 2 is 1.92 bits per heavy atom. The Balaban J connectivity index is 1.69. The number of likely N-dealkylation sites (N-methyl/N-ethyl adjacent to an activating group) is 1. The largest absolute Gasteiger partial charge is 0.418 e. The number of halogens is 5. The number of rotatable bonds is 11. The fourth-order valence-electron chi connectivity index (χ4n) is 3.14. The average molecular weight is 593 g/mol. The van der Waals surface area contributed by atoms with Crippen molar-refractivity contribution >= 4 is 52.1 Å². The predicted octanol–water partition coefficient (Wildman–Crippen LogP) is 4.88. The number of thiazole rings is 1. The van der Waals surface area contributed by atoms with Gasteiger partial charge in [-0.2, -0.15) is 13.2 Å². The first-order valence-electron chi connectivity index (χ1n) is 11.1. The molecular formula is C22H25Cl2F3N8O2S. The second-order valence-electron chi connectivity index (χ2n) is 8.22. The molecule has 0 aromatic carbocycles. The molecule has 0 aliphatic rings. The molecule has 16 heteroatoms. The Labute approximate surface area is 231 Å². The first kappa shape index (κ1) is 29.9. The molecule has 0 aliphatic heterocycles. The van der Waals surface area contributed by atoms with Crippen molar-refractivity contribution in [3.63, 3.8) is 0 Å². The van der Waals surface area contributed by atoms with Crippen LogP contribution in [0.4, 0.5) is 24.8 Å². The fourth-order valence-corrected chi connectivity index (χ4v) is 4.44. The zero-order valence-corrected chi connectivity index (χ0v) is 23.1. The van der Waals surface area contributed by atoms with Gasteiger partial charge in [0.15, 0.2) is 6.23 Å². The molecular weight excluding hydrogens is 568 g/mol. The smallest absolute Gasteiger partial charge is 0.367 e. The highest BCUT2D eigenvalue weighted by molar-refractivity contribution is 7.13. The number of hydrogen-bond donors (Lipinski definition) is 3. The van der Waals surface area contributed by atoms with E-state index in [0.717, 1.165) is 24.1 Å². The van der Waals surface area contributed by atoms with Gasteiger partial charge in [-0.25, -0.2) is 19.9 Å². The van der Waals surface area contributed by atoms with Gasteiger partial charge in [-0.05, 0) is 27.1 Å². The number of nitrogens with one attached hydrogen (secondary N) is 3. The van der Waals surface area contributed by atoms with Crippen LogP contribution in [0.2, 0.25) is 10.0 Å². The van der Waals surface area contributed by atoms with Crippen molar-refractivity contribution in [3.05, 3.63) is 56.0 Å². The van der Waals surface area contributed by atoms with Crippen molar-refractivity contribution in [2.75, 3.05) is 44.9 Å². The number of amides is 1. The van der Waals surface area contributed by atoms with Crippen LogP contribution in [-0.2, 0) is 10.9 Å². The van der Waals surface area contributed by atoms with Gasteiger partial charge < -0.3 is 20.3 Å². The van der Waals surface area contributed by atoms with Crippen LogP contribution in [0.3, 0.4) is 0 Å². The van der Waals surface area contributed by atoms with E-state index in [1.165, 1.54) is 19.6 Å². The molecule has 0 bridgehead atoms.